The molecule has 1 heterocycles. The lowest BCUT2D eigenvalue weighted by molar-refractivity contribution is 0.0951. The molecule has 0 aliphatic rings. The average molecular weight is 410 g/mol. The van der Waals surface area contributed by atoms with Gasteiger partial charge in [0.2, 0.25) is 0 Å². The van der Waals surface area contributed by atoms with Crippen molar-refractivity contribution >= 4 is 60.7 Å². The van der Waals surface area contributed by atoms with Crippen molar-refractivity contribution in [1.29, 1.82) is 0 Å². The molecule has 0 radical (unpaired) electrons. The first-order valence-electron chi connectivity index (χ1n) is 5.04. The van der Waals surface area contributed by atoms with Crippen molar-refractivity contribution in [3.8, 4) is 0 Å². The maximum absolute atomic E-state index is 12.0. The molecule has 0 saturated carbocycles. The number of hydrogen-bond donors (Lipinski definition) is 1. The zero-order chi connectivity index (χ0) is 13.1. The van der Waals surface area contributed by atoms with Crippen molar-refractivity contribution in [3.63, 3.8) is 0 Å². The summed E-state index contributed by atoms with van der Waals surface area (Å²) in [6.45, 7) is 0.498. The van der Waals surface area contributed by atoms with Gasteiger partial charge in [0.25, 0.3) is 5.91 Å². The van der Waals surface area contributed by atoms with Crippen molar-refractivity contribution < 1.29 is 4.79 Å². The van der Waals surface area contributed by atoms with Crippen molar-refractivity contribution in [2.75, 3.05) is 0 Å². The van der Waals surface area contributed by atoms with Crippen LogP contribution in [0, 0.1) is 0 Å². The molecule has 0 aliphatic heterocycles. The van der Waals surface area contributed by atoms with Gasteiger partial charge >= 0.3 is 0 Å². The highest BCUT2D eigenvalue weighted by Crippen LogP contribution is 2.26. The number of carbonyl (C=O) groups is 1. The molecule has 0 aliphatic carbocycles. The Balaban J connectivity index is 2.06. The first-order valence-corrected chi connectivity index (χ1v) is 7.82. The summed E-state index contributed by atoms with van der Waals surface area (Å²) in [4.78, 5) is 13.1. The molecule has 0 spiro atoms. The zero-order valence-electron chi connectivity index (χ0n) is 9.04. The lowest BCUT2D eigenvalue weighted by atomic mass is 10.2. The number of nitrogens with one attached hydrogen (secondary N) is 1. The molecule has 2 aromatic rings. The van der Waals surface area contributed by atoms with E-state index in [0.29, 0.717) is 17.1 Å². The van der Waals surface area contributed by atoms with E-state index >= 15 is 0 Å². The Morgan fingerprint density at radius 1 is 1.28 bits per heavy atom. The summed E-state index contributed by atoms with van der Waals surface area (Å²) in [7, 11) is 0. The van der Waals surface area contributed by atoms with Crippen LogP contribution in [-0.2, 0) is 6.54 Å². The molecule has 1 amide bonds. The summed E-state index contributed by atoms with van der Waals surface area (Å²) in [5.41, 5.74) is 0.474. The smallest absolute Gasteiger partial charge is 0.253 e. The second-order valence-corrected chi connectivity index (χ2v) is 7.27. The van der Waals surface area contributed by atoms with E-state index in [1.165, 1.54) is 0 Å². The minimum absolute atomic E-state index is 0.175. The third kappa shape index (κ3) is 3.35. The van der Waals surface area contributed by atoms with Gasteiger partial charge in [-0.05, 0) is 56.1 Å². The minimum atomic E-state index is -0.175. The quantitative estimate of drug-likeness (QED) is 0.771. The highest BCUT2D eigenvalue weighted by Gasteiger charge is 2.12. The molecule has 94 valence electrons. The van der Waals surface area contributed by atoms with E-state index in [2.05, 4.69) is 37.2 Å². The van der Waals surface area contributed by atoms with Crippen molar-refractivity contribution in [1.82, 2.24) is 5.32 Å². The molecule has 0 fully saturated rings. The standard InChI is InChI=1S/C12H8Br2ClNOS/c13-9-3-1-2-8(11(9)15)12(17)16-6-7-4-5-10(14)18-7/h1-5H,6H2,(H,16,17). The molecule has 1 aromatic heterocycles. The summed E-state index contributed by atoms with van der Waals surface area (Å²) in [6, 6.07) is 9.21. The fraction of sp³-hybridized carbons (Fsp3) is 0.0833. The Morgan fingerprint density at radius 2 is 2.06 bits per heavy atom. The van der Waals surface area contributed by atoms with E-state index < -0.39 is 0 Å². The van der Waals surface area contributed by atoms with Gasteiger partial charge in [-0.25, -0.2) is 0 Å². The largest absolute Gasteiger partial charge is 0.347 e. The Bertz CT molecular complexity index is 585. The van der Waals surface area contributed by atoms with Gasteiger partial charge in [0, 0.05) is 9.35 Å². The average Bonchev–Trinajstić information content (AvgIpc) is 2.76. The molecule has 2 rings (SSSR count). The molecule has 0 atom stereocenters. The lowest BCUT2D eigenvalue weighted by Crippen LogP contribution is -2.22. The zero-order valence-corrected chi connectivity index (χ0v) is 13.8. The minimum Gasteiger partial charge on any atom is -0.347 e. The van der Waals surface area contributed by atoms with E-state index in [-0.39, 0.29) is 5.91 Å². The van der Waals surface area contributed by atoms with E-state index in [1.54, 1.807) is 29.5 Å². The molecular weight excluding hydrogens is 401 g/mol. The maximum Gasteiger partial charge on any atom is 0.253 e. The van der Waals surface area contributed by atoms with Crippen LogP contribution in [0.5, 0.6) is 0 Å². The summed E-state index contributed by atoms with van der Waals surface area (Å²) in [5.74, 6) is -0.175. The first kappa shape index (κ1) is 14.1. The lowest BCUT2D eigenvalue weighted by Gasteiger charge is -2.06. The van der Waals surface area contributed by atoms with Gasteiger partial charge in [0.05, 0.1) is 20.9 Å². The number of thiophene rings is 1. The van der Waals surface area contributed by atoms with Gasteiger partial charge < -0.3 is 5.32 Å². The second-order valence-electron chi connectivity index (χ2n) is 3.49. The third-order valence-corrected chi connectivity index (χ3v) is 5.17. The van der Waals surface area contributed by atoms with Gasteiger partial charge in [-0.15, -0.1) is 11.3 Å². The van der Waals surface area contributed by atoms with E-state index in [0.717, 1.165) is 13.1 Å². The predicted octanol–water partition coefficient (Wildman–Crippen LogP) is 4.86. The number of rotatable bonds is 3. The fourth-order valence-electron chi connectivity index (χ4n) is 1.39. The molecule has 2 nitrogen and oxygen atoms in total. The molecular formula is C12H8Br2ClNOS. The summed E-state index contributed by atoms with van der Waals surface area (Å²) in [6.07, 6.45) is 0. The number of carbonyl (C=O) groups excluding carboxylic acids is 1. The number of hydrogen-bond acceptors (Lipinski definition) is 2. The topological polar surface area (TPSA) is 29.1 Å². The fourth-order valence-corrected chi connectivity index (χ4v) is 3.39. The predicted molar refractivity (Wildman–Crippen MR) is 82.3 cm³/mol. The third-order valence-electron chi connectivity index (χ3n) is 2.25. The van der Waals surface area contributed by atoms with Gasteiger partial charge in [-0.2, -0.15) is 0 Å². The molecule has 0 unspecified atom stereocenters. The Kier molecular flexibility index (Phi) is 4.84. The highest BCUT2D eigenvalue weighted by molar-refractivity contribution is 9.11. The van der Waals surface area contributed by atoms with Crippen LogP contribution >= 0.6 is 54.8 Å². The van der Waals surface area contributed by atoms with Gasteiger partial charge in [-0.3, -0.25) is 4.79 Å². The molecule has 0 saturated heterocycles. The van der Waals surface area contributed by atoms with Crippen LogP contribution in [0.2, 0.25) is 5.02 Å². The Morgan fingerprint density at radius 3 is 2.72 bits per heavy atom. The molecule has 0 bridgehead atoms. The van der Waals surface area contributed by atoms with Crippen LogP contribution in [0.15, 0.2) is 38.6 Å². The van der Waals surface area contributed by atoms with Crippen LogP contribution in [0.1, 0.15) is 15.2 Å². The van der Waals surface area contributed by atoms with Crippen LogP contribution in [0.3, 0.4) is 0 Å². The Labute approximate surface area is 131 Å². The van der Waals surface area contributed by atoms with Crippen LogP contribution < -0.4 is 5.32 Å². The van der Waals surface area contributed by atoms with Crippen molar-refractivity contribution in [3.05, 3.63) is 54.1 Å². The summed E-state index contributed by atoms with van der Waals surface area (Å²) < 4.78 is 1.77. The SMILES string of the molecule is O=C(NCc1ccc(Br)s1)c1cccc(Br)c1Cl. The van der Waals surface area contributed by atoms with Crippen LogP contribution in [0.25, 0.3) is 0 Å². The number of amides is 1. The van der Waals surface area contributed by atoms with Crippen molar-refractivity contribution in [2.45, 2.75) is 6.54 Å². The second kappa shape index (κ2) is 6.19. The normalized spacial score (nSPS) is 10.4. The van der Waals surface area contributed by atoms with Gasteiger partial charge in [-0.1, -0.05) is 17.7 Å². The van der Waals surface area contributed by atoms with Crippen LogP contribution in [-0.4, -0.2) is 5.91 Å². The molecule has 18 heavy (non-hydrogen) atoms. The summed E-state index contributed by atoms with van der Waals surface area (Å²) >= 11 is 14.3. The Hall–Kier alpha value is -0.360. The molecule has 1 aromatic carbocycles. The highest BCUT2D eigenvalue weighted by atomic mass is 79.9. The van der Waals surface area contributed by atoms with Gasteiger partial charge in [0.15, 0.2) is 0 Å². The maximum atomic E-state index is 12.0. The van der Waals surface area contributed by atoms with Gasteiger partial charge in [0.1, 0.15) is 0 Å². The molecule has 6 heteroatoms. The number of halogens is 3. The summed E-state index contributed by atoms with van der Waals surface area (Å²) in [5, 5.41) is 3.27. The van der Waals surface area contributed by atoms with Crippen LogP contribution in [0.4, 0.5) is 0 Å². The van der Waals surface area contributed by atoms with E-state index in [4.69, 9.17) is 11.6 Å². The number of benzene rings is 1. The van der Waals surface area contributed by atoms with E-state index in [1.807, 2.05) is 12.1 Å². The molecule has 1 N–H and O–H groups in total. The first-order chi connectivity index (χ1) is 8.58. The monoisotopic (exact) mass is 407 g/mol. The van der Waals surface area contributed by atoms with E-state index in [9.17, 15) is 4.79 Å². The van der Waals surface area contributed by atoms with Crippen molar-refractivity contribution in [2.24, 2.45) is 0 Å².